The molecule has 1 saturated heterocycles. The van der Waals surface area contributed by atoms with E-state index in [2.05, 4.69) is 6.58 Å². The Hall–Kier alpha value is -3.33. The van der Waals surface area contributed by atoms with Crippen molar-refractivity contribution in [3.8, 4) is 0 Å². The fourth-order valence-corrected chi connectivity index (χ4v) is 4.49. The highest BCUT2D eigenvalue weighted by Crippen LogP contribution is 2.31. The number of ether oxygens (including phenoxy) is 6. The molecule has 0 spiro atoms. The zero-order valence-electron chi connectivity index (χ0n) is 23.1. The van der Waals surface area contributed by atoms with Crippen molar-refractivity contribution in [1.29, 1.82) is 0 Å². The van der Waals surface area contributed by atoms with Crippen LogP contribution in [-0.2, 0) is 53.0 Å². The van der Waals surface area contributed by atoms with Gasteiger partial charge in [0.1, 0.15) is 18.3 Å². The van der Waals surface area contributed by atoms with Gasteiger partial charge in [0, 0.05) is 6.92 Å². The van der Waals surface area contributed by atoms with Gasteiger partial charge in [-0.15, -0.1) is 6.58 Å². The highest BCUT2D eigenvalue weighted by Gasteiger charge is 2.50. The van der Waals surface area contributed by atoms with Gasteiger partial charge in [0.25, 0.3) is 0 Å². The van der Waals surface area contributed by atoms with E-state index in [0.29, 0.717) is 13.2 Å². The fourth-order valence-electron chi connectivity index (χ4n) is 4.49. The third kappa shape index (κ3) is 8.84. The Morgan fingerprint density at radius 2 is 1.30 bits per heavy atom. The van der Waals surface area contributed by atoms with E-state index in [1.165, 1.54) is 6.92 Å². The highest BCUT2D eigenvalue weighted by molar-refractivity contribution is 5.66. The molecule has 0 N–H and O–H groups in total. The zero-order chi connectivity index (χ0) is 28.2. The molecule has 3 aromatic rings. The zero-order valence-corrected chi connectivity index (χ0v) is 23.1. The van der Waals surface area contributed by atoms with Crippen LogP contribution in [0.15, 0.2) is 104 Å². The van der Waals surface area contributed by atoms with Gasteiger partial charge in [-0.05, 0) is 23.6 Å². The Morgan fingerprint density at radius 3 is 1.80 bits per heavy atom. The second-order valence-electron chi connectivity index (χ2n) is 9.72. The van der Waals surface area contributed by atoms with E-state index in [1.54, 1.807) is 6.08 Å². The monoisotopic (exact) mass is 546 g/mol. The van der Waals surface area contributed by atoms with E-state index in [-0.39, 0.29) is 19.3 Å². The molecule has 0 radical (unpaired) electrons. The van der Waals surface area contributed by atoms with Gasteiger partial charge in [0.05, 0.1) is 32.5 Å². The smallest absolute Gasteiger partial charge is 0.303 e. The first-order valence-corrected chi connectivity index (χ1v) is 13.6. The van der Waals surface area contributed by atoms with Crippen LogP contribution < -0.4 is 0 Å². The van der Waals surface area contributed by atoms with Gasteiger partial charge in [0.2, 0.25) is 0 Å². The Labute approximate surface area is 236 Å². The molecule has 4 rings (SSSR count). The summed E-state index contributed by atoms with van der Waals surface area (Å²) < 4.78 is 37.4. The van der Waals surface area contributed by atoms with Crippen molar-refractivity contribution >= 4 is 5.97 Å². The van der Waals surface area contributed by atoms with Crippen molar-refractivity contribution in [2.75, 3.05) is 6.61 Å². The Morgan fingerprint density at radius 1 is 0.800 bits per heavy atom. The van der Waals surface area contributed by atoms with Crippen molar-refractivity contribution < 1.29 is 33.2 Å². The molecular formula is C33H38O7. The van der Waals surface area contributed by atoms with E-state index in [4.69, 9.17) is 28.4 Å². The van der Waals surface area contributed by atoms with Gasteiger partial charge in [-0.25, -0.2) is 0 Å². The molecule has 0 aromatic heterocycles. The van der Waals surface area contributed by atoms with E-state index < -0.39 is 36.7 Å². The lowest BCUT2D eigenvalue weighted by Gasteiger charge is -2.45. The molecule has 1 aliphatic rings. The molecule has 212 valence electrons. The summed E-state index contributed by atoms with van der Waals surface area (Å²) in [5.41, 5.74) is 2.99. The summed E-state index contributed by atoms with van der Waals surface area (Å²) in [4.78, 5) is 12.3. The van der Waals surface area contributed by atoms with Crippen LogP contribution in [0.25, 0.3) is 0 Å². The minimum atomic E-state index is -0.824. The number of esters is 1. The van der Waals surface area contributed by atoms with E-state index >= 15 is 0 Å². The van der Waals surface area contributed by atoms with Crippen LogP contribution >= 0.6 is 0 Å². The molecule has 0 saturated carbocycles. The Balaban J connectivity index is 1.60. The molecule has 0 aliphatic carbocycles. The SMILES string of the molecule is C=CC(C)O[C@@H]1O[C@H](COCc2ccccc2)[C@@H](OC(C)=O)[C@H](OCc2ccccc2)[C@H]1OCc1ccccc1. The standard InChI is InChI=1S/C33H38O7/c1-4-24(2)38-33-32(37-22-28-18-12-7-13-19-28)31(36-21-27-16-10-6-11-17-27)30(39-25(3)34)29(40-33)23-35-20-26-14-8-5-9-15-26/h4-19,24,29-33H,1,20-23H2,2-3H3/t24?,29-,30-,31+,32-,33-/m1/s1. The minimum Gasteiger partial charge on any atom is -0.457 e. The van der Waals surface area contributed by atoms with Crippen molar-refractivity contribution in [3.05, 3.63) is 120 Å². The van der Waals surface area contributed by atoms with Gasteiger partial charge in [-0.2, -0.15) is 0 Å². The summed E-state index contributed by atoms with van der Waals surface area (Å²) in [6, 6.07) is 29.5. The second-order valence-corrected chi connectivity index (χ2v) is 9.72. The maximum atomic E-state index is 12.3. The molecule has 1 fully saturated rings. The van der Waals surface area contributed by atoms with Crippen molar-refractivity contribution in [3.63, 3.8) is 0 Å². The van der Waals surface area contributed by atoms with Crippen LogP contribution in [0.4, 0.5) is 0 Å². The molecule has 6 atom stereocenters. The van der Waals surface area contributed by atoms with Crippen LogP contribution in [0.5, 0.6) is 0 Å². The lowest BCUT2D eigenvalue weighted by molar-refractivity contribution is -0.327. The summed E-state index contributed by atoms with van der Waals surface area (Å²) in [5, 5.41) is 0. The molecule has 7 nitrogen and oxygen atoms in total. The van der Waals surface area contributed by atoms with Crippen LogP contribution in [0, 0.1) is 0 Å². The predicted molar refractivity (Wildman–Crippen MR) is 151 cm³/mol. The third-order valence-electron chi connectivity index (χ3n) is 6.54. The fraction of sp³-hybridized carbons (Fsp3) is 0.364. The summed E-state index contributed by atoms with van der Waals surface area (Å²) >= 11 is 0. The second kappa shape index (κ2) is 15.5. The minimum absolute atomic E-state index is 0.159. The molecule has 40 heavy (non-hydrogen) atoms. The number of carbonyl (C=O) groups is 1. The van der Waals surface area contributed by atoms with Crippen LogP contribution in [0.1, 0.15) is 30.5 Å². The number of hydrogen-bond donors (Lipinski definition) is 0. The van der Waals surface area contributed by atoms with E-state index in [0.717, 1.165) is 16.7 Å². The summed E-state index contributed by atoms with van der Waals surface area (Å²) in [5.74, 6) is -0.449. The maximum Gasteiger partial charge on any atom is 0.303 e. The summed E-state index contributed by atoms with van der Waals surface area (Å²) in [6.45, 7) is 8.22. The van der Waals surface area contributed by atoms with Gasteiger partial charge in [-0.1, -0.05) is 97.1 Å². The number of benzene rings is 3. The number of hydrogen-bond acceptors (Lipinski definition) is 7. The molecule has 7 heteroatoms. The number of carbonyl (C=O) groups excluding carboxylic acids is 1. The Bertz CT molecular complexity index is 1160. The predicted octanol–water partition coefficient (Wildman–Crippen LogP) is 5.62. The average Bonchev–Trinajstić information content (AvgIpc) is 2.98. The maximum absolute atomic E-state index is 12.3. The topological polar surface area (TPSA) is 72.5 Å². The quantitative estimate of drug-likeness (QED) is 0.192. The van der Waals surface area contributed by atoms with Crippen molar-refractivity contribution in [2.45, 2.75) is 70.5 Å². The van der Waals surface area contributed by atoms with Gasteiger partial charge < -0.3 is 28.4 Å². The summed E-state index contributed by atoms with van der Waals surface area (Å²) in [6.07, 6.45) is -2.32. The molecule has 3 aromatic carbocycles. The number of rotatable bonds is 14. The van der Waals surface area contributed by atoms with E-state index in [9.17, 15) is 4.79 Å². The average molecular weight is 547 g/mol. The molecule has 0 amide bonds. The van der Waals surface area contributed by atoms with Crippen LogP contribution in [-0.4, -0.2) is 49.4 Å². The summed E-state index contributed by atoms with van der Waals surface area (Å²) in [7, 11) is 0. The first-order chi connectivity index (χ1) is 19.5. The van der Waals surface area contributed by atoms with Gasteiger partial charge in [-0.3, -0.25) is 4.79 Å². The van der Waals surface area contributed by atoms with Crippen molar-refractivity contribution in [2.24, 2.45) is 0 Å². The molecule has 0 bridgehead atoms. The van der Waals surface area contributed by atoms with Gasteiger partial charge >= 0.3 is 5.97 Å². The first kappa shape index (κ1) is 29.6. The Kier molecular flexibility index (Phi) is 11.5. The molecule has 1 aliphatic heterocycles. The molecular weight excluding hydrogens is 508 g/mol. The lowest BCUT2D eigenvalue weighted by Crippen LogP contribution is -2.62. The molecule has 1 unspecified atom stereocenters. The largest absolute Gasteiger partial charge is 0.457 e. The lowest BCUT2D eigenvalue weighted by atomic mass is 9.97. The van der Waals surface area contributed by atoms with Gasteiger partial charge in [0.15, 0.2) is 12.4 Å². The van der Waals surface area contributed by atoms with Crippen molar-refractivity contribution in [1.82, 2.24) is 0 Å². The highest BCUT2D eigenvalue weighted by atomic mass is 16.7. The molecule has 1 heterocycles. The normalized spacial score (nSPS) is 23.3. The first-order valence-electron chi connectivity index (χ1n) is 13.6. The third-order valence-corrected chi connectivity index (χ3v) is 6.54. The van der Waals surface area contributed by atoms with E-state index in [1.807, 2.05) is 97.9 Å². The van der Waals surface area contributed by atoms with Crippen LogP contribution in [0.3, 0.4) is 0 Å². The van der Waals surface area contributed by atoms with Crippen LogP contribution in [0.2, 0.25) is 0 Å².